The molecule has 9 nitrogen and oxygen atoms in total. The monoisotopic (exact) mass is 396 g/mol. The van der Waals surface area contributed by atoms with Gasteiger partial charge >= 0.3 is 0 Å². The Morgan fingerprint density at radius 1 is 0.931 bits per heavy atom. The highest BCUT2D eigenvalue weighted by atomic mass is 16.6. The van der Waals surface area contributed by atoms with Crippen LogP contribution in [0.2, 0.25) is 0 Å². The summed E-state index contributed by atoms with van der Waals surface area (Å²) in [5, 5.41) is 11.6. The number of nitrogens with zero attached hydrogens (tertiary/aromatic N) is 6. The summed E-state index contributed by atoms with van der Waals surface area (Å²) in [7, 11) is 0. The lowest BCUT2D eigenvalue weighted by atomic mass is 10.1. The molecule has 0 aliphatic carbocycles. The summed E-state index contributed by atoms with van der Waals surface area (Å²) in [5.74, 6) is 0.480. The summed E-state index contributed by atoms with van der Waals surface area (Å²) in [4.78, 5) is 38.5. The predicted octanol–water partition coefficient (Wildman–Crippen LogP) is 2.34. The van der Waals surface area contributed by atoms with E-state index in [1.54, 1.807) is 35.5 Å². The Kier molecular flexibility index (Phi) is 5.55. The van der Waals surface area contributed by atoms with Crippen LogP contribution in [0.1, 0.15) is 29.6 Å². The number of rotatable bonds is 4. The molecule has 3 heterocycles. The number of amides is 1. The Labute approximate surface area is 169 Å². The molecule has 0 unspecified atom stereocenters. The Balaban J connectivity index is 1.47. The number of piperazine rings is 1. The second kappa shape index (κ2) is 8.42. The maximum atomic E-state index is 12.9. The lowest BCUT2D eigenvalue weighted by molar-refractivity contribution is -0.384. The number of hydrogen-bond donors (Lipinski definition) is 0. The van der Waals surface area contributed by atoms with Crippen LogP contribution >= 0.6 is 0 Å². The zero-order chi connectivity index (χ0) is 20.2. The number of anilines is 2. The SMILES string of the molecule is O=C(c1ccc(N2CCCCC2)c([N+](=O)[O-])c1)N1CCN(c2ncccn2)CC1. The number of piperidine rings is 1. The molecular formula is C20H24N6O3. The van der Waals surface area contributed by atoms with E-state index in [9.17, 15) is 14.9 Å². The van der Waals surface area contributed by atoms with Gasteiger partial charge in [0.2, 0.25) is 5.95 Å². The number of nitro benzene ring substituents is 1. The van der Waals surface area contributed by atoms with Crippen LogP contribution in [0.15, 0.2) is 36.7 Å². The molecule has 0 bridgehead atoms. The molecule has 1 aromatic carbocycles. The first-order valence-electron chi connectivity index (χ1n) is 9.98. The summed E-state index contributed by atoms with van der Waals surface area (Å²) in [6, 6.07) is 6.64. The molecule has 2 aliphatic rings. The van der Waals surface area contributed by atoms with Crippen LogP contribution in [0.3, 0.4) is 0 Å². The average molecular weight is 396 g/mol. The second-order valence-corrected chi connectivity index (χ2v) is 7.34. The van der Waals surface area contributed by atoms with Gasteiger partial charge in [-0.1, -0.05) is 0 Å². The quantitative estimate of drug-likeness (QED) is 0.578. The van der Waals surface area contributed by atoms with Gasteiger partial charge in [0.15, 0.2) is 0 Å². The number of nitro groups is 1. The number of benzene rings is 1. The summed E-state index contributed by atoms with van der Waals surface area (Å²) >= 11 is 0. The predicted molar refractivity (Wildman–Crippen MR) is 109 cm³/mol. The van der Waals surface area contributed by atoms with Gasteiger partial charge in [-0.2, -0.15) is 0 Å². The van der Waals surface area contributed by atoms with Crippen molar-refractivity contribution >= 4 is 23.2 Å². The normalized spacial score (nSPS) is 17.3. The van der Waals surface area contributed by atoms with Crippen LogP contribution < -0.4 is 9.80 Å². The topological polar surface area (TPSA) is 95.7 Å². The molecular weight excluding hydrogens is 372 g/mol. The van der Waals surface area contributed by atoms with Gasteiger partial charge in [-0.3, -0.25) is 14.9 Å². The summed E-state index contributed by atoms with van der Waals surface area (Å²) < 4.78 is 0. The highest BCUT2D eigenvalue weighted by molar-refractivity contribution is 5.96. The number of hydrogen-bond acceptors (Lipinski definition) is 7. The molecule has 0 radical (unpaired) electrons. The largest absolute Gasteiger partial charge is 0.366 e. The van der Waals surface area contributed by atoms with E-state index in [0.717, 1.165) is 32.4 Å². The Bertz CT molecular complexity index is 877. The molecule has 2 aliphatic heterocycles. The first kappa shape index (κ1) is 19.1. The van der Waals surface area contributed by atoms with Crippen LogP contribution in [0.25, 0.3) is 0 Å². The lowest BCUT2D eigenvalue weighted by Crippen LogP contribution is -2.49. The zero-order valence-corrected chi connectivity index (χ0v) is 16.2. The van der Waals surface area contributed by atoms with Crippen LogP contribution in [0.4, 0.5) is 17.3 Å². The van der Waals surface area contributed by atoms with Crippen molar-refractivity contribution in [1.29, 1.82) is 0 Å². The van der Waals surface area contributed by atoms with E-state index in [1.807, 2.05) is 4.90 Å². The molecule has 1 amide bonds. The van der Waals surface area contributed by atoms with Crippen molar-refractivity contribution in [2.45, 2.75) is 19.3 Å². The summed E-state index contributed by atoms with van der Waals surface area (Å²) in [6.45, 7) is 3.94. The highest BCUT2D eigenvalue weighted by Crippen LogP contribution is 2.31. The molecule has 0 spiro atoms. The lowest BCUT2D eigenvalue weighted by Gasteiger charge is -2.34. The van der Waals surface area contributed by atoms with Gasteiger partial charge in [-0.15, -0.1) is 0 Å². The van der Waals surface area contributed by atoms with Gasteiger partial charge in [0.05, 0.1) is 4.92 Å². The van der Waals surface area contributed by atoms with Gasteiger partial charge in [0, 0.05) is 63.3 Å². The fourth-order valence-electron chi connectivity index (χ4n) is 3.95. The number of carbonyl (C=O) groups is 1. The van der Waals surface area contributed by atoms with Gasteiger partial charge in [-0.25, -0.2) is 9.97 Å². The first-order chi connectivity index (χ1) is 14.1. The van der Waals surface area contributed by atoms with Crippen molar-refractivity contribution in [2.24, 2.45) is 0 Å². The molecule has 9 heteroatoms. The van der Waals surface area contributed by atoms with Crippen molar-refractivity contribution in [3.8, 4) is 0 Å². The Hall–Kier alpha value is -3.23. The third-order valence-electron chi connectivity index (χ3n) is 5.52. The second-order valence-electron chi connectivity index (χ2n) is 7.34. The zero-order valence-electron chi connectivity index (χ0n) is 16.2. The smallest absolute Gasteiger partial charge is 0.293 e. The van der Waals surface area contributed by atoms with Crippen LogP contribution in [0.5, 0.6) is 0 Å². The van der Waals surface area contributed by atoms with Crippen molar-refractivity contribution in [3.05, 3.63) is 52.3 Å². The van der Waals surface area contributed by atoms with E-state index < -0.39 is 0 Å². The maximum Gasteiger partial charge on any atom is 0.293 e. The minimum absolute atomic E-state index is 0.00840. The number of aromatic nitrogens is 2. The van der Waals surface area contributed by atoms with E-state index in [1.165, 1.54) is 6.07 Å². The molecule has 152 valence electrons. The van der Waals surface area contributed by atoms with Crippen LogP contribution in [-0.4, -0.2) is 65.0 Å². The summed E-state index contributed by atoms with van der Waals surface area (Å²) in [5.41, 5.74) is 0.980. The minimum Gasteiger partial charge on any atom is -0.366 e. The molecule has 0 atom stereocenters. The fourth-order valence-corrected chi connectivity index (χ4v) is 3.95. The highest BCUT2D eigenvalue weighted by Gasteiger charge is 2.27. The van der Waals surface area contributed by atoms with Gasteiger partial charge < -0.3 is 14.7 Å². The molecule has 2 fully saturated rings. The van der Waals surface area contributed by atoms with E-state index in [4.69, 9.17) is 0 Å². The van der Waals surface area contributed by atoms with Gasteiger partial charge in [-0.05, 0) is 37.5 Å². The van der Waals surface area contributed by atoms with Crippen molar-refractivity contribution in [1.82, 2.24) is 14.9 Å². The molecule has 2 aromatic rings. The summed E-state index contributed by atoms with van der Waals surface area (Å²) in [6.07, 6.45) is 6.62. The molecule has 2 saturated heterocycles. The fraction of sp³-hybridized carbons (Fsp3) is 0.450. The first-order valence-corrected chi connectivity index (χ1v) is 9.98. The third kappa shape index (κ3) is 4.13. The molecule has 0 N–H and O–H groups in total. The van der Waals surface area contributed by atoms with E-state index in [2.05, 4.69) is 14.9 Å². The van der Waals surface area contributed by atoms with E-state index in [0.29, 0.717) is 43.4 Å². The molecule has 29 heavy (non-hydrogen) atoms. The minimum atomic E-state index is -0.384. The van der Waals surface area contributed by atoms with Crippen LogP contribution in [-0.2, 0) is 0 Å². The number of carbonyl (C=O) groups excluding carboxylic acids is 1. The van der Waals surface area contributed by atoms with Crippen molar-refractivity contribution in [3.63, 3.8) is 0 Å². The van der Waals surface area contributed by atoms with Crippen molar-refractivity contribution in [2.75, 3.05) is 49.1 Å². The molecule has 4 rings (SSSR count). The average Bonchev–Trinajstić information content (AvgIpc) is 2.79. The van der Waals surface area contributed by atoms with Gasteiger partial charge in [0.25, 0.3) is 11.6 Å². The van der Waals surface area contributed by atoms with Crippen molar-refractivity contribution < 1.29 is 9.72 Å². The molecule has 1 aromatic heterocycles. The van der Waals surface area contributed by atoms with E-state index >= 15 is 0 Å². The van der Waals surface area contributed by atoms with E-state index in [-0.39, 0.29) is 16.5 Å². The molecule has 0 saturated carbocycles. The Morgan fingerprint density at radius 3 is 2.28 bits per heavy atom. The standard InChI is InChI=1S/C20H24N6O3/c27-19(24-11-13-25(14-12-24)20-21-7-4-8-22-20)16-5-6-17(18(15-16)26(28)29)23-9-2-1-3-10-23/h4-8,15H,1-3,9-14H2. The third-order valence-corrected chi connectivity index (χ3v) is 5.52. The Morgan fingerprint density at radius 2 is 1.62 bits per heavy atom. The van der Waals surface area contributed by atoms with Gasteiger partial charge in [0.1, 0.15) is 5.69 Å². The maximum absolute atomic E-state index is 12.9. The van der Waals surface area contributed by atoms with Crippen LogP contribution in [0, 0.1) is 10.1 Å².